The van der Waals surface area contributed by atoms with Gasteiger partial charge in [0.2, 0.25) is 0 Å². The van der Waals surface area contributed by atoms with Gasteiger partial charge in [-0.2, -0.15) is 0 Å². The molecule has 18 heavy (non-hydrogen) atoms. The van der Waals surface area contributed by atoms with E-state index in [4.69, 9.17) is 0 Å². The predicted octanol–water partition coefficient (Wildman–Crippen LogP) is 2.66. The first-order valence-electron chi connectivity index (χ1n) is 7.15. The van der Waals surface area contributed by atoms with Crippen LogP contribution < -0.4 is 0 Å². The van der Waals surface area contributed by atoms with E-state index in [0.717, 1.165) is 13.0 Å². The quantitative estimate of drug-likeness (QED) is 0.913. The first kappa shape index (κ1) is 12.6. The van der Waals surface area contributed by atoms with Crippen LogP contribution in [0.2, 0.25) is 0 Å². The lowest BCUT2D eigenvalue weighted by Crippen LogP contribution is -2.45. The van der Waals surface area contributed by atoms with Gasteiger partial charge in [-0.1, -0.05) is 12.8 Å². The maximum Gasteiger partial charge on any atom is 0.107 e. The highest BCUT2D eigenvalue weighted by Crippen LogP contribution is 2.35. The van der Waals surface area contributed by atoms with Crippen molar-refractivity contribution in [2.24, 2.45) is 5.92 Å². The second-order valence-electron chi connectivity index (χ2n) is 5.62. The van der Waals surface area contributed by atoms with E-state index in [1.165, 1.54) is 43.7 Å². The lowest BCUT2D eigenvalue weighted by Gasteiger charge is -2.40. The molecule has 1 aromatic rings. The highest BCUT2D eigenvalue weighted by molar-refractivity contribution is 7.09. The molecule has 0 bridgehead atoms. The Bertz CT molecular complexity index is 368. The molecule has 100 valence electrons. The van der Waals surface area contributed by atoms with Crippen LogP contribution in [-0.4, -0.2) is 33.7 Å². The molecule has 3 atom stereocenters. The van der Waals surface area contributed by atoms with Gasteiger partial charge in [0.05, 0.1) is 12.6 Å². The van der Waals surface area contributed by atoms with Crippen LogP contribution in [0.3, 0.4) is 0 Å². The third-order valence-electron chi connectivity index (χ3n) is 4.51. The minimum atomic E-state index is -0.0631. The zero-order valence-corrected chi connectivity index (χ0v) is 11.6. The molecule has 0 spiro atoms. The first-order valence-corrected chi connectivity index (χ1v) is 8.03. The van der Waals surface area contributed by atoms with E-state index in [1.54, 1.807) is 11.3 Å². The van der Waals surface area contributed by atoms with Crippen LogP contribution in [0.1, 0.15) is 43.5 Å². The van der Waals surface area contributed by atoms with Crippen molar-refractivity contribution >= 4 is 11.3 Å². The summed E-state index contributed by atoms with van der Waals surface area (Å²) in [4.78, 5) is 6.98. The minimum Gasteiger partial charge on any atom is -0.393 e. The second-order valence-corrected chi connectivity index (χ2v) is 6.60. The summed E-state index contributed by atoms with van der Waals surface area (Å²) in [5, 5.41) is 13.4. The number of rotatable bonds is 3. The number of likely N-dealkylation sites (tertiary alicyclic amines) is 1. The number of piperidine rings is 1. The van der Waals surface area contributed by atoms with E-state index in [1.807, 2.05) is 6.20 Å². The van der Waals surface area contributed by atoms with Gasteiger partial charge in [-0.3, -0.25) is 4.90 Å². The number of aliphatic hydroxyl groups excluding tert-OH is 1. The third kappa shape index (κ3) is 2.60. The largest absolute Gasteiger partial charge is 0.393 e. The van der Waals surface area contributed by atoms with Crippen LogP contribution in [0, 0.1) is 5.92 Å². The van der Waals surface area contributed by atoms with Gasteiger partial charge < -0.3 is 5.11 Å². The molecule has 0 amide bonds. The smallest absolute Gasteiger partial charge is 0.107 e. The van der Waals surface area contributed by atoms with E-state index < -0.39 is 0 Å². The van der Waals surface area contributed by atoms with Crippen molar-refractivity contribution in [2.45, 2.75) is 57.2 Å². The summed E-state index contributed by atoms with van der Waals surface area (Å²) in [5.41, 5.74) is 0. The molecule has 1 aromatic heterocycles. The van der Waals surface area contributed by atoms with Crippen LogP contribution in [0.5, 0.6) is 0 Å². The van der Waals surface area contributed by atoms with Gasteiger partial charge >= 0.3 is 0 Å². The molecule has 0 aromatic carbocycles. The number of thiazole rings is 1. The number of aromatic nitrogens is 1. The minimum absolute atomic E-state index is 0.0631. The molecule has 3 rings (SSSR count). The Balaban J connectivity index is 1.69. The molecule has 2 heterocycles. The van der Waals surface area contributed by atoms with Crippen LogP contribution in [-0.2, 0) is 6.54 Å². The van der Waals surface area contributed by atoms with Gasteiger partial charge in [0, 0.05) is 23.5 Å². The Morgan fingerprint density at radius 3 is 2.94 bits per heavy atom. The summed E-state index contributed by atoms with van der Waals surface area (Å²) in [6.07, 6.45) is 9.12. The average molecular weight is 266 g/mol. The Morgan fingerprint density at radius 2 is 2.22 bits per heavy atom. The highest BCUT2D eigenvalue weighted by Gasteiger charge is 2.36. The fourth-order valence-corrected chi connectivity index (χ4v) is 4.26. The average Bonchev–Trinajstić information content (AvgIpc) is 3.02. The molecule has 3 nitrogen and oxygen atoms in total. The first-order chi connectivity index (χ1) is 8.84. The highest BCUT2D eigenvalue weighted by atomic mass is 32.1. The Kier molecular flexibility index (Phi) is 3.97. The van der Waals surface area contributed by atoms with Crippen molar-refractivity contribution in [3.05, 3.63) is 16.6 Å². The summed E-state index contributed by atoms with van der Waals surface area (Å²) < 4.78 is 0. The van der Waals surface area contributed by atoms with E-state index in [-0.39, 0.29) is 6.10 Å². The number of hydrogen-bond acceptors (Lipinski definition) is 4. The van der Waals surface area contributed by atoms with Gasteiger partial charge in [0.15, 0.2) is 0 Å². The van der Waals surface area contributed by atoms with Crippen molar-refractivity contribution in [1.82, 2.24) is 9.88 Å². The van der Waals surface area contributed by atoms with Crippen LogP contribution in [0.15, 0.2) is 11.6 Å². The SMILES string of the molecule is OC1CCCC1C1CCCCN1Cc1nccs1. The van der Waals surface area contributed by atoms with Gasteiger partial charge in [0.1, 0.15) is 5.01 Å². The van der Waals surface area contributed by atoms with Crippen LogP contribution in [0.4, 0.5) is 0 Å². The molecule has 0 radical (unpaired) electrons. The molecular formula is C14H22N2OS. The molecule has 2 aliphatic rings. The molecule has 1 N–H and O–H groups in total. The molecule has 1 aliphatic carbocycles. The summed E-state index contributed by atoms with van der Waals surface area (Å²) in [6, 6.07) is 0.583. The maximum atomic E-state index is 10.1. The molecular weight excluding hydrogens is 244 g/mol. The molecule has 1 saturated carbocycles. The zero-order chi connectivity index (χ0) is 12.4. The van der Waals surface area contributed by atoms with Crippen molar-refractivity contribution in [1.29, 1.82) is 0 Å². The summed E-state index contributed by atoms with van der Waals surface area (Å²) in [5.74, 6) is 0.505. The zero-order valence-electron chi connectivity index (χ0n) is 10.8. The molecule has 2 fully saturated rings. The van der Waals surface area contributed by atoms with Crippen LogP contribution in [0.25, 0.3) is 0 Å². The fourth-order valence-electron chi connectivity index (χ4n) is 3.62. The Labute approximate surface area is 113 Å². The standard InChI is InChI=1S/C14H22N2OS/c17-13-6-3-4-11(13)12-5-1-2-8-16(12)10-14-15-7-9-18-14/h7,9,11-13,17H,1-6,8,10H2. The second kappa shape index (κ2) is 5.68. The monoisotopic (exact) mass is 266 g/mol. The van der Waals surface area contributed by atoms with E-state index >= 15 is 0 Å². The fraction of sp³-hybridized carbons (Fsp3) is 0.786. The van der Waals surface area contributed by atoms with Crippen molar-refractivity contribution in [3.8, 4) is 0 Å². The summed E-state index contributed by atoms with van der Waals surface area (Å²) >= 11 is 1.75. The van der Waals surface area contributed by atoms with Crippen molar-refractivity contribution < 1.29 is 5.11 Å². The predicted molar refractivity (Wildman–Crippen MR) is 73.5 cm³/mol. The topological polar surface area (TPSA) is 36.4 Å². The lowest BCUT2D eigenvalue weighted by molar-refractivity contribution is 0.0312. The van der Waals surface area contributed by atoms with Gasteiger partial charge in [-0.15, -0.1) is 11.3 Å². The van der Waals surface area contributed by atoms with Gasteiger partial charge in [-0.25, -0.2) is 4.98 Å². The van der Waals surface area contributed by atoms with E-state index in [9.17, 15) is 5.11 Å². The van der Waals surface area contributed by atoms with Crippen LogP contribution >= 0.6 is 11.3 Å². The summed E-state index contributed by atoms with van der Waals surface area (Å²) in [6.45, 7) is 2.15. The van der Waals surface area contributed by atoms with E-state index in [0.29, 0.717) is 12.0 Å². The normalized spacial score (nSPS) is 33.9. The lowest BCUT2D eigenvalue weighted by atomic mass is 9.88. The Morgan fingerprint density at radius 1 is 1.28 bits per heavy atom. The van der Waals surface area contributed by atoms with Crippen molar-refractivity contribution in [3.63, 3.8) is 0 Å². The number of hydrogen-bond donors (Lipinski definition) is 1. The van der Waals surface area contributed by atoms with Crippen molar-refractivity contribution in [2.75, 3.05) is 6.54 Å². The van der Waals surface area contributed by atoms with E-state index in [2.05, 4.69) is 15.3 Å². The number of aliphatic hydroxyl groups is 1. The van der Waals surface area contributed by atoms with Gasteiger partial charge in [0.25, 0.3) is 0 Å². The maximum absolute atomic E-state index is 10.1. The third-order valence-corrected chi connectivity index (χ3v) is 5.28. The Hall–Kier alpha value is -0.450. The van der Waals surface area contributed by atoms with Gasteiger partial charge in [-0.05, 0) is 32.2 Å². The molecule has 1 aliphatic heterocycles. The summed E-state index contributed by atoms with van der Waals surface area (Å²) in [7, 11) is 0. The number of nitrogens with zero attached hydrogens (tertiary/aromatic N) is 2. The molecule has 4 heteroatoms. The molecule has 3 unspecified atom stereocenters. The molecule has 1 saturated heterocycles.